The zero-order valence-corrected chi connectivity index (χ0v) is 9.91. The summed E-state index contributed by atoms with van der Waals surface area (Å²) in [6.07, 6.45) is -0.0797. The van der Waals surface area contributed by atoms with Gasteiger partial charge >= 0.3 is 5.97 Å². The topological polar surface area (TPSA) is 54.4 Å². The fourth-order valence-corrected chi connectivity index (χ4v) is 1.64. The maximum Gasteiger partial charge on any atom is 0.307 e. The van der Waals surface area contributed by atoms with E-state index in [1.54, 1.807) is 32.0 Å². The molecule has 0 bridgehead atoms. The highest BCUT2D eigenvalue weighted by molar-refractivity contribution is 6.33. The van der Waals surface area contributed by atoms with Gasteiger partial charge in [-0.15, -0.1) is 11.6 Å². The molecule has 1 aromatic carbocycles. The second kappa shape index (κ2) is 5.12. The summed E-state index contributed by atoms with van der Waals surface area (Å²) in [6, 6.07) is 5.05. The Morgan fingerprint density at radius 1 is 1.44 bits per heavy atom. The average Bonchev–Trinajstić information content (AvgIpc) is 2.19. The van der Waals surface area contributed by atoms with Gasteiger partial charge < -0.3 is 5.11 Å². The number of halogens is 1. The van der Waals surface area contributed by atoms with Gasteiger partial charge in [-0.3, -0.25) is 9.59 Å². The molecule has 0 heterocycles. The standard InChI is InChI=1S/C12H13ClO3/c1-7-9(6-11(14)15)4-3-5-10(7)12(16)8(2)13/h3-5,8H,6H2,1-2H3,(H,14,15). The van der Waals surface area contributed by atoms with Gasteiger partial charge in [-0.1, -0.05) is 18.2 Å². The Balaban J connectivity index is 3.13. The fraction of sp³-hybridized carbons (Fsp3) is 0.333. The molecule has 1 unspecified atom stereocenters. The second-order valence-electron chi connectivity index (χ2n) is 3.64. The van der Waals surface area contributed by atoms with Gasteiger partial charge in [0.15, 0.2) is 5.78 Å². The van der Waals surface area contributed by atoms with Crippen molar-refractivity contribution < 1.29 is 14.7 Å². The lowest BCUT2D eigenvalue weighted by Gasteiger charge is -2.10. The minimum absolute atomic E-state index is 0.0797. The molecule has 1 aromatic rings. The van der Waals surface area contributed by atoms with Gasteiger partial charge in [0.1, 0.15) is 0 Å². The van der Waals surface area contributed by atoms with E-state index in [-0.39, 0.29) is 12.2 Å². The normalized spacial score (nSPS) is 12.2. The summed E-state index contributed by atoms with van der Waals surface area (Å²) in [7, 11) is 0. The Morgan fingerprint density at radius 2 is 2.06 bits per heavy atom. The zero-order valence-electron chi connectivity index (χ0n) is 9.16. The monoisotopic (exact) mass is 240 g/mol. The maximum absolute atomic E-state index is 11.7. The lowest BCUT2D eigenvalue weighted by molar-refractivity contribution is -0.136. The summed E-state index contributed by atoms with van der Waals surface area (Å²) < 4.78 is 0. The van der Waals surface area contributed by atoms with Crippen LogP contribution in [0.2, 0.25) is 0 Å². The molecule has 16 heavy (non-hydrogen) atoms. The molecule has 86 valence electrons. The van der Waals surface area contributed by atoms with Crippen LogP contribution in [-0.2, 0) is 11.2 Å². The third kappa shape index (κ3) is 2.83. The molecule has 0 amide bonds. The summed E-state index contributed by atoms with van der Waals surface area (Å²) in [5, 5.41) is 8.12. The van der Waals surface area contributed by atoms with Crippen molar-refractivity contribution >= 4 is 23.4 Å². The molecule has 0 aliphatic heterocycles. The number of Topliss-reactive ketones (excluding diaryl/α,β-unsaturated/α-hetero) is 1. The Kier molecular flexibility index (Phi) is 4.07. The summed E-state index contributed by atoms with van der Waals surface area (Å²) >= 11 is 5.73. The van der Waals surface area contributed by atoms with Gasteiger partial charge in [0.2, 0.25) is 0 Å². The quantitative estimate of drug-likeness (QED) is 0.650. The van der Waals surface area contributed by atoms with Crippen molar-refractivity contribution in [1.82, 2.24) is 0 Å². The maximum atomic E-state index is 11.7. The minimum Gasteiger partial charge on any atom is -0.481 e. The largest absolute Gasteiger partial charge is 0.481 e. The van der Waals surface area contributed by atoms with Crippen LogP contribution in [0.1, 0.15) is 28.4 Å². The number of benzene rings is 1. The van der Waals surface area contributed by atoms with Crippen LogP contribution in [0.5, 0.6) is 0 Å². The molecule has 0 aliphatic rings. The van der Waals surface area contributed by atoms with Gasteiger partial charge in [-0.2, -0.15) is 0 Å². The lowest BCUT2D eigenvalue weighted by atomic mass is 9.96. The van der Waals surface area contributed by atoms with Crippen LogP contribution in [0.15, 0.2) is 18.2 Å². The molecule has 0 spiro atoms. The number of hydrogen-bond acceptors (Lipinski definition) is 2. The van der Waals surface area contributed by atoms with Gasteiger partial charge in [0, 0.05) is 5.56 Å². The molecule has 0 aromatic heterocycles. The van der Waals surface area contributed by atoms with Gasteiger partial charge in [-0.05, 0) is 25.0 Å². The Hall–Kier alpha value is -1.35. The number of aliphatic carboxylic acids is 1. The van der Waals surface area contributed by atoms with E-state index in [2.05, 4.69) is 0 Å². The second-order valence-corrected chi connectivity index (χ2v) is 4.30. The first-order valence-electron chi connectivity index (χ1n) is 4.92. The van der Waals surface area contributed by atoms with Crippen LogP contribution in [0, 0.1) is 6.92 Å². The summed E-state index contributed by atoms with van der Waals surface area (Å²) in [4.78, 5) is 22.3. The first-order chi connectivity index (χ1) is 7.43. The van der Waals surface area contributed by atoms with Crippen LogP contribution in [0.3, 0.4) is 0 Å². The van der Waals surface area contributed by atoms with Crippen molar-refractivity contribution in [3.8, 4) is 0 Å². The number of carboxylic acid groups (broad SMARTS) is 1. The Morgan fingerprint density at radius 3 is 2.56 bits per heavy atom. The Bertz CT molecular complexity index is 424. The molecule has 0 radical (unpaired) electrons. The van der Waals surface area contributed by atoms with E-state index in [0.717, 1.165) is 0 Å². The van der Waals surface area contributed by atoms with E-state index in [1.165, 1.54) is 0 Å². The van der Waals surface area contributed by atoms with E-state index < -0.39 is 11.3 Å². The number of alkyl halides is 1. The number of carboxylic acids is 1. The van der Waals surface area contributed by atoms with Crippen LogP contribution < -0.4 is 0 Å². The highest BCUT2D eigenvalue weighted by atomic mass is 35.5. The first kappa shape index (κ1) is 12.7. The molecule has 1 rings (SSSR count). The van der Waals surface area contributed by atoms with Crippen molar-refractivity contribution in [3.63, 3.8) is 0 Å². The molecule has 1 atom stereocenters. The molecular formula is C12H13ClO3. The summed E-state index contributed by atoms with van der Waals surface area (Å²) in [6.45, 7) is 3.35. The smallest absolute Gasteiger partial charge is 0.307 e. The van der Waals surface area contributed by atoms with Crippen molar-refractivity contribution in [2.24, 2.45) is 0 Å². The predicted octanol–water partition coefficient (Wildman–Crippen LogP) is 2.43. The summed E-state index contributed by atoms with van der Waals surface area (Å²) in [5.41, 5.74) is 1.85. The Labute approximate surface area is 99.0 Å². The highest BCUT2D eigenvalue weighted by Crippen LogP contribution is 2.17. The molecule has 0 saturated carbocycles. The average molecular weight is 241 g/mol. The molecule has 3 nitrogen and oxygen atoms in total. The predicted molar refractivity (Wildman–Crippen MR) is 62.2 cm³/mol. The van der Waals surface area contributed by atoms with Gasteiger partial charge in [0.05, 0.1) is 11.8 Å². The molecular weight excluding hydrogens is 228 g/mol. The number of ketones is 1. The lowest BCUT2D eigenvalue weighted by Crippen LogP contribution is -2.14. The van der Waals surface area contributed by atoms with E-state index in [1.807, 2.05) is 0 Å². The van der Waals surface area contributed by atoms with Crippen LogP contribution in [-0.4, -0.2) is 22.2 Å². The highest BCUT2D eigenvalue weighted by Gasteiger charge is 2.16. The zero-order chi connectivity index (χ0) is 12.3. The number of carbonyl (C=O) groups is 2. The molecule has 1 N–H and O–H groups in total. The van der Waals surface area contributed by atoms with Crippen molar-refractivity contribution in [2.45, 2.75) is 25.6 Å². The van der Waals surface area contributed by atoms with Crippen LogP contribution >= 0.6 is 11.6 Å². The SMILES string of the molecule is Cc1c(CC(=O)O)cccc1C(=O)C(C)Cl. The van der Waals surface area contributed by atoms with Gasteiger partial charge in [0.25, 0.3) is 0 Å². The molecule has 0 aliphatic carbocycles. The van der Waals surface area contributed by atoms with E-state index in [4.69, 9.17) is 16.7 Å². The van der Waals surface area contributed by atoms with Crippen LogP contribution in [0.4, 0.5) is 0 Å². The van der Waals surface area contributed by atoms with Crippen molar-refractivity contribution in [2.75, 3.05) is 0 Å². The summed E-state index contributed by atoms with van der Waals surface area (Å²) in [5.74, 6) is -1.09. The van der Waals surface area contributed by atoms with E-state index >= 15 is 0 Å². The van der Waals surface area contributed by atoms with Crippen molar-refractivity contribution in [3.05, 3.63) is 34.9 Å². The van der Waals surface area contributed by atoms with E-state index in [0.29, 0.717) is 16.7 Å². The first-order valence-corrected chi connectivity index (χ1v) is 5.35. The fourth-order valence-electron chi connectivity index (χ4n) is 1.52. The van der Waals surface area contributed by atoms with Gasteiger partial charge in [-0.25, -0.2) is 0 Å². The molecule has 0 fully saturated rings. The van der Waals surface area contributed by atoms with Crippen molar-refractivity contribution in [1.29, 1.82) is 0 Å². The third-order valence-corrected chi connectivity index (χ3v) is 2.61. The molecule has 4 heteroatoms. The number of hydrogen-bond donors (Lipinski definition) is 1. The minimum atomic E-state index is -0.911. The van der Waals surface area contributed by atoms with Crippen LogP contribution in [0.25, 0.3) is 0 Å². The van der Waals surface area contributed by atoms with E-state index in [9.17, 15) is 9.59 Å². The number of rotatable bonds is 4. The number of carbonyl (C=O) groups excluding carboxylic acids is 1. The third-order valence-electron chi connectivity index (χ3n) is 2.41. The molecule has 0 saturated heterocycles.